The van der Waals surface area contributed by atoms with Gasteiger partial charge in [-0.3, -0.25) is 0 Å². The molecule has 1 aliphatic carbocycles. The first-order chi connectivity index (χ1) is 17.1. The zero-order valence-electron chi connectivity index (χ0n) is 20.6. The van der Waals surface area contributed by atoms with Gasteiger partial charge in [-0.05, 0) is 38.8 Å². The molecule has 0 unspecified atom stereocenters. The number of methoxy groups -OCH3 is 2. The molecular weight excluding hydrogens is 478 g/mol. The predicted octanol–water partition coefficient (Wildman–Crippen LogP) is 6.47. The smallest absolute Gasteiger partial charge is 0.419 e. The summed E-state index contributed by atoms with van der Waals surface area (Å²) in [4.78, 5) is 8.91. The molecule has 0 spiro atoms. The van der Waals surface area contributed by atoms with Gasteiger partial charge in [-0.2, -0.15) is 13.2 Å². The van der Waals surface area contributed by atoms with Crippen molar-refractivity contribution in [1.29, 1.82) is 0 Å². The number of aryl methyl sites for hydroxylation is 1. The molecule has 2 aromatic carbocycles. The van der Waals surface area contributed by atoms with Crippen LogP contribution in [0.25, 0.3) is 10.9 Å². The number of ether oxygens (including phenoxy) is 3. The Bertz CT molecular complexity index is 1250. The van der Waals surface area contributed by atoms with E-state index < -0.39 is 23.6 Å². The van der Waals surface area contributed by atoms with Crippen LogP contribution in [-0.4, -0.2) is 37.4 Å². The quantitative estimate of drug-likeness (QED) is 0.335. The number of nitrogens with zero attached hydrogens (tertiary/aromatic N) is 2. The second-order valence-electron chi connectivity index (χ2n) is 9.29. The van der Waals surface area contributed by atoms with Crippen LogP contribution in [0, 0.1) is 18.2 Å². The van der Waals surface area contributed by atoms with Crippen LogP contribution in [0.3, 0.4) is 0 Å². The molecule has 1 aromatic heterocycles. The van der Waals surface area contributed by atoms with E-state index in [1.807, 2.05) is 0 Å². The Morgan fingerprint density at radius 2 is 1.83 bits per heavy atom. The van der Waals surface area contributed by atoms with Crippen molar-refractivity contribution in [3.8, 4) is 11.5 Å². The van der Waals surface area contributed by atoms with Crippen molar-refractivity contribution in [2.75, 3.05) is 32.8 Å². The minimum absolute atomic E-state index is 0.0465. The summed E-state index contributed by atoms with van der Waals surface area (Å²) in [5, 5.41) is 3.64. The molecule has 4 rings (SSSR count). The third kappa shape index (κ3) is 5.18. The van der Waals surface area contributed by atoms with Crippen molar-refractivity contribution in [3.05, 3.63) is 53.1 Å². The van der Waals surface area contributed by atoms with Crippen LogP contribution in [0.4, 0.5) is 23.4 Å². The van der Waals surface area contributed by atoms with E-state index in [4.69, 9.17) is 14.2 Å². The highest BCUT2D eigenvalue weighted by Gasteiger charge is 2.38. The summed E-state index contributed by atoms with van der Waals surface area (Å²) >= 11 is 0. The van der Waals surface area contributed by atoms with Crippen LogP contribution in [0.5, 0.6) is 11.5 Å². The molecule has 10 heteroatoms. The molecule has 1 aliphatic rings. The summed E-state index contributed by atoms with van der Waals surface area (Å²) in [6, 6.07) is 5.90. The molecule has 1 N–H and O–H groups in total. The SMILES string of the molecule is COCC1(COc2cc3c(N[C@H](C)c4cccc(C(F)(F)F)c4F)nc(C)nc3cc2OC)CCC1. The third-order valence-electron chi connectivity index (χ3n) is 6.65. The summed E-state index contributed by atoms with van der Waals surface area (Å²) in [5.74, 6) is 0.460. The van der Waals surface area contributed by atoms with Gasteiger partial charge in [0.05, 0.1) is 37.4 Å². The molecule has 0 aliphatic heterocycles. The van der Waals surface area contributed by atoms with Gasteiger partial charge in [-0.25, -0.2) is 14.4 Å². The fourth-order valence-corrected chi connectivity index (χ4v) is 4.57. The van der Waals surface area contributed by atoms with Crippen LogP contribution >= 0.6 is 0 Å². The summed E-state index contributed by atoms with van der Waals surface area (Å²) in [5.41, 5.74) is -0.916. The number of nitrogens with one attached hydrogen (secondary N) is 1. The summed E-state index contributed by atoms with van der Waals surface area (Å²) in [7, 11) is 3.21. The number of anilines is 1. The summed E-state index contributed by atoms with van der Waals surface area (Å²) < 4.78 is 71.5. The van der Waals surface area contributed by atoms with Crippen molar-refractivity contribution in [1.82, 2.24) is 9.97 Å². The fourth-order valence-electron chi connectivity index (χ4n) is 4.57. The van der Waals surface area contributed by atoms with Gasteiger partial charge in [0.25, 0.3) is 0 Å². The number of aromatic nitrogens is 2. The number of benzene rings is 2. The molecule has 6 nitrogen and oxygen atoms in total. The highest BCUT2D eigenvalue weighted by molar-refractivity contribution is 5.92. The highest BCUT2D eigenvalue weighted by atomic mass is 19.4. The topological polar surface area (TPSA) is 65.5 Å². The number of halogens is 4. The Morgan fingerprint density at radius 1 is 1.08 bits per heavy atom. The maximum absolute atomic E-state index is 14.8. The van der Waals surface area contributed by atoms with Crippen LogP contribution < -0.4 is 14.8 Å². The molecule has 0 amide bonds. The Hall–Kier alpha value is -3.14. The van der Waals surface area contributed by atoms with Gasteiger partial charge in [-0.1, -0.05) is 18.6 Å². The van der Waals surface area contributed by atoms with E-state index in [0.717, 1.165) is 25.3 Å². The van der Waals surface area contributed by atoms with Gasteiger partial charge < -0.3 is 19.5 Å². The average Bonchev–Trinajstić information content (AvgIpc) is 2.79. The standard InChI is InChI=1S/C26H29F4N3O3/c1-15(17-7-5-8-19(23(17)27)26(28,29)30)31-24-18-11-22(36-14-25(13-34-3)9-6-10-25)21(35-4)12-20(18)32-16(2)33-24/h5,7-8,11-12,15H,6,9-10,13-14H2,1-4H3,(H,31,32,33)/t15-/m1/s1. The molecule has 0 radical (unpaired) electrons. The molecule has 0 bridgehead atoms. The minimum atomic E-state index is -4.79. The molecule has 0 saturated heterocycles. The number of hydrogen-bond acceptors (Lipinski definition) is 6. The monoisotopic (exact) mass is 507 g/mol. The number of alkyl halides is 3. The lowest BCUT2D eigenvalue weighted by atomic mass is 9.70. The van der Waals surface area contributed by atoms with E-state index in [1.54, 1.807) is 33.1 Å². The van der Waals surface area contributed by atoms with Crippen molar-refractivity contribution < 1.29 is 31.8 Å². The largest absolute Gasteiger partial charge is 0.493 e. The van der Waals surface area contributed by atoms with Crippen LogP contribution in [0.15, 0.2) is 30.3 Å². The fraction of sp³-hybridized carbons (Fsp3) is 0.462. The van der Waals surface area contributed by atoms with Crippen molar-refractivity contribution in [2.24, 2.45) is 5.41 Å². The number of rotatable bonds is 9. The van der Waals surface area contributed by atoms with Gasteiger partial charge in [0, 0.05) is 29.5 Å². The number of fused-ring (bicyclic) bond motifs is 1. The second kappa shape index (κ2) is 10.1. The molecule has 1 heterocycles. The number of hydrogen-bond donors (Lipinski definition) is 1. The lowest BCUT2D eigenvalue weighted by Gasteiger charge is -2.40. The molecule has 3 aromatic rings. The van der Waals surface area contributed by atoms with Crippen LogP contribution in [-0.2, 0) is 10.9 Å². The molecule has 194 valence electrons. The van der Waals surface area contributed by atoms with Crippen molar-refractivity contribution in [3.63, 3.8) is 0 Å². The van der Waals surface area contributed by atoms with Gasteiger partial charge in [-0.15, -0.1) is 0 Å². The minimum Gasteiger partial charge on any atom is -0.493 e. The van der Waals surface area contributed by atoms with Crippen LogP contribution in [0.2, 0.25) is 0 Å². The first-order valence-corrected chi connectivity index (χ1v) is 11.7. The van der Waals surface area contributed by atoms with E-state index in [2.05, 4.69) is 15.3 Å². The van der Waals surface area contributed by atoms with Gasteiger partial charge in [0.2, 0.25) is 0 Å². The zero-order chi connectivity index (χ0) is 26.1. The van der Waals surface area contributed by atoms with Gasteiger partial charge in [0.1, 0.15) is 17.5 Å². The Kier molecular flexibility index (Phi) is 7.26. The van der Waals surface area contributed by atoms with E-state index in [1.165, 1.54) is 19.2 Å². The van der Waals surface area contributed by atoms with E-state index in [0.29, 0.717) is 47.3 Å². The Balaban J connectivity index is 1.68. The molecule has 36 heavy (non-hydrogen) atoms. The maximum atomic E-state index is 14.8. The second-order valence-corrected chi connectivity index (χ2v) is 9.29. The molecule has 1 saturated carbocycles. The highest BCUT2D eigenvalue weighted by Crippen LogP contribution is 2.43. The summed E-state index contributed by atoms with van der Waals surface area (Å²) in [6.45, 7) is 4.32. The van der Waals surface area contributed by atoms with Crippen LogP contribution in [0.1, 0.15) is 49.2 Å². The molecule has 1 fully saturated rings. The maximum Gasteiger partial charge on any atom is 0.419 e. The van der Waals surface area contributed by atoms with Gasteiger partial charge >= 0.3 is 6.18 Å². The van der Waals surface area contributed by atoms with Crippen molar-refractivity contribution in [2.45, 2.75) is 45.3 Å². The molecular formula is C26H29F4N3O3. The Morgan fingerprint density at radius 3 is 2.44 bits per heavy atom. The predicted molar refractivity (Wildman–Crippen MR) is 128 cm³/mol. The average molecular weight is 508 g/mol. The van der Waals surface area contributed by atoms with E-state index in [9.17, 15) is 17.6 Å². The Labute approximate surface area is 207 Å². The van der Waals surface area contributed by atoms with E-state index >= 15 is 0 Å². The lowest BCUT2D eigenvalue weighted by Crippen LogP contribution is -2.39. The summed E-state index contributed by atoms with van der Waals surface area (Å²) in [6.07, 6.45) is -1.66. The van der Waals surface area contributed by atoms with Crippen molar-refractivity contribution >= 4 is 16.7 Å². The normalized spacial score (nSPS) is 15.9. The first kappa shape index (κ1) is 25.9. The first-order valence-electron chi connectivity index (χ1n) is 11.7. The van der Waals surface area contributed by atoms with Gasteiger partial charge in [0.15, 0.2) is 11.5 Å². The zero-order valence-corrected chi connectivity index (χ0v) is 20.6. The molecule has 1 atom stereocenters. The lowest BCUT2D eigenvalue weighted by molar-refractivity contribution is -0.140. The van der Waals surface area contributed by atoms with E-state index in [-0.39, 0.29) is 11.0 Å². The third-order valence-corrected chi connectivity index (χ3v) is 6.65.